The maximum atomic E-state index is 12.0. The van der Waals surface area contributed by atoms with Crippen LogP contribution in [0.5, 0.6) is 5.75 Å². The molecule has 0 saturated carbocycles. The van der Waals surface area contributed by atoms with Gasteiger partial charge in [-0.2, -0.15) is 5.26 Å². The smallest absolute Gasteiger partial charge is 0.352 e. The van der Waals surface area contributed by atoms with E-state index < -0.39 is 17.9 Å². The average molecular weight is 488 g/mol. The molecule has 2 aromatic rings. The summed E-state index contributed by atoms with van der Waals surface area (Å²) in [5.41, 5.74) is 7.23. The molecule has 0 spiro atoms. The number of carboxylic acids is 1. The lowest BCUT2D eigenvalue weighted by Gasteiger charge is -2.15. The number of rotatable bonds is 11. The van der Waals surface area contributed by atoms with Crippen LogP contribution in [0, 0.1) is 11.3 Å². The molecule has 1 atom stereocenters. The first kappa shape index (κ1) is 28.2. The maximum Gasteiger partial charge on any atom is 0.352 e. The van der Waals surface area contributed by atoms with E-state index in [1.807, 2.05) is 36.4 Å². The first-order valence-electron chi connectivity index (χ1n) is 10.1. The topological polar surface area (TPSA) is 152 Å². The van der Waals surface area contributed by atoms with E-state index in [9.17, 15) is 19.5 Å². The Morgan fingerprint density at radius 3 is 2.53 bits per heavy atom. The zero-order chi connectivity index (χ0) is 24.2. The summed E-state index contributed by atoms with van der Waals surface area (Å²) in [5, 5.41) is 20.7. The van der Waals surface area contributed by atoms with Crippen LogP contribution in [0.4, 0.5) is 0 Å². The van der Waals surface area contributed by atoms with Gasteiger partial charge in [0.25, 0.3) is 0 Å². The van der Waals surface area contributed by atoms with Crippen molar-refractivity contribution in [2.24, 2.45) is 5.73 Å². The Morgan fingerprint density at radius 2 is 1.91 bits per heavy atom. The number of nitrogens with one attached hydrogen (secondary N) is 1. The van der Waals surface area contributed by atoms with Crippen LogP contribution in [0.3, 0.4) is 0 Å². The van der Waals surface area contributed by atoms with Crippen molar-refractivity contribution in [2.45, 2.75) is 32.4 Å². The van der Waals surface area contributed by atoms with E-state index >= 15 is 0 Å². The lowest BCUT2D eigenvalue weighted by atomic mass is 10.1. The van der Waals surface area contributed by atoms with Gasteiger partial charge in [-0.15, -0.1) is 12.4 Å². The molecule has 0 unspecified atom stereocenters. The fourth-order valence-corrected chi connectivity index (χ4v) is 2.74. The monoisotopic (exact) mass is 487 g/mol. The van der Waals surface area contributed by atoms with Crippen molar-refractivity contribution in [1.29, 1.82) is 5.26 Å². The van der Waals surface area contributed by atoms with Crippen LogP contribution < -0.4 is 15.8 Å². The highest BCUT2D eigenvalue weighted by molar-refractivity contribution is 5.96. The van der Waals surface area contributed by atoms with Crippen LogP contribution in [0.1, 0.15) is 36.5 Å². The van der Waals surface area contributed by atoms with E-state index in [-0.39, 0.29) is 49.5 Å². The van der Waals surface area contributed by atoms with Gasteiger partial charge in [0.2, 0.25) is 5.91 Å². The van der Waals surface area contributed by atoms with Crippen LogP contribution in [-0.4, -0.2) is 35.6 Å². The Bertz CT molecular complexity index is 1070. The first-order chi connectivity index (χ1) is 15.8. The van der Waals surface area contributed by atoms with Gasteiger partial charge >= 0.3 is 11.9 Å². The van der Waals surface area contributed by atoms with Crippen LogP contribution in [-0.2, 0) is 25.7 Å². The quantitative estimate of drug-likeness (QED) is 0.323. The molecule has 4 N–H and O–H groups in total. The van der Waals surface area contributed by atoms with E-state index in [1.165, 1.54) is 31.2 Å². The van der Waals surface area contributed by atoms with Gasteiger partial charge in [0.15, 0.2) is 0 Å². The minimum Gasteiger partial charge on any atom is -0.491 e. The first-order valence-corrected chi connectivity index (χ1v) is 10.1. The summed E-state index contributed by atoms with van der Waals surface area (Å²) in [7, 11) is 0. The maximum absolute atomic E-state index is 12.0. The molecule has 9 nitrogen and oxygen atoms in total. The van der Waals surface area contributed by atoms with Gasteiger partial charge in [-0.25, -0.2) is 4.79 Å². The summed E-state index contributed by atoms with van der Waals surface area (Å²) in [6.45, 7) is 1.39. The number of nitrogens with zero attached hydrogens (tertiary/aromatic N) is 1. The summed E-state index contributed by atoms with van der Waals surface area (Å²) in [5.74, 6) is -2.03. The fourth-order valence-electron chi connectivity index (χ4n) is 2.74. The van der Waals surface area contributed by atoms with E-state index in [0.717, 1.165) is 5.56 Å². The number of carbonyl (C=O) groups excluding carboxylic acids is 2. The summed E-state index contributed by atoms with van der Waals surface area (Å²) < 4.78 is 10.9. The number of halogens is 1. The highest BCUT2D eigenvalue weighted by atomic mass is 35.5. The number of esters is 1. The second-order valence-electron chi connectivity index (χ2n) is 7.16. The van der Waals surface area contributed by atoms with E-state index in [1.54, 1.807) is 0 Å². The molecule has 180 valence electrons. The number of carboxylic acid groups (broad SMARTS) is 1. The predicted molar refractivity (Wildman–Crippen MR) is 127 cm³/mol. The number of carbonyl (C=O) groups is 3. The van der Waals surface area contributed by atoms with E-state index in [4.69, 9.17) is 20.5 Å². The van der Waals surface area contributed by atoms with Crippen LogP contribution in [0.2, 0.25) is 0 Å². The number of nitrogens with two attached hydrogens (primary N) is 1. The molecule has 0 heterocycles. The number of amides is 1. The second kappa shape index (κ2) is 14.3. The molecule has 2 aromatic carbocycles. The Labute approximate surface area is 203 Å². The van der Waals surface area contributed by atoms with Crippen molar-refractivity contribution in [3.8, 4) is 11.8 Å². The molecule has 0 radical (unpaired) electrons. The zero-order valence-electron chi connectivity index (χ0n) is 18.5. The highest BCUT2D eigenvalue weighted by Crippen LogP contribution is 2.23. The molecule has 0 aliphatic carbocycles. The number of aliphatic carboxylic acids is 1. The third kappa shape index (κ3) is 9.73. The molecule has 0 aliphatic rings. The fraction of sp³-hybridized carbons (Fsp3) is 0.250. The largest absolute Gasteiger partial charge is 0.491 e. The van der Waals surface area contributed by atoms with Gasteiger partial charge in [0, 0.05) is 24.9 Å². The van der Waals surface area contributed by atoms with Crippen LogP contribution in [0.25, 0.3) is 6.08 Å². The van der Waals surface area contributed by atoms with Gasteiger partial charge < -0.3 is 25.6 Å². The van der Waals surface area contributed by atoms with Gasteiger partial charge in [0.1, 0.15) is 24.7 Å². The molecule has 0 bridgehead atoms. The third-order valence-corrected chi connectivity index (χ3v) is 4.40. The molecule has 34 heavy (non-hydrogen) atoms. The summed E-state index contributed by atoms with van der Waals surface area (Å²) in [4.78, 5) is 34.6. The normalized spacial score (nSPS) is 11.4. The number of nitriles is 1. The van der Waals surface area contributed by atoms with Crippen LogP contribution >= 0.6 is 12.4 Å². The summed E-state index contributed by atoms with van der Waals surface area (Å²) >= 11 is 0. The number of benzene rings is 2. The minimum atomic E-state index is -1.33. The number of ether oxygens (including phenoxy) is 2. The zero-order valence-corrected chi connectivity index (χ0v) is 19.3. The van der Waals surface area contributed by atoms with Crippen molar-refractivity contribution < 1.29 is 29.0 Å². The van der Waals surface area contributed by atoms with Crippen molar-refractivity contribution >= 4 is 36.3 Å². The van der Waals surface area contributed by atoms with Gasteiger partial charge in [-0.1, -0.05) is 30.3 Å². The summed E-state index contributed by atoms with van der Waals surface area (Å²) in [6.07, 6.45) is 1.64. The van der Waals surface area contributed by atoms with Gasteiger partial charge in [-0.05, 0) is 36.3 Å². The van der Waals surface area contributed by atoms with E-state index in [2.05, 4.69) is 5.32 Å². The van der Waals surface area contributed by atoms with E-state index in [0.29, 0.717) is 17.5 Å². The lowest BCUT2D eigenvalue weighted by Crippen LogP contribution is -2.29. The molecule has 0 fully saturated rings. The highest BCUT2D eigenvalue weighted by Gasteiger charge is 2.14. The molecule has 2 rings (SSSR count). The average Bonchev–Trinajstić information content (AvgIpc) is 2.80. The predicted octanol–water partition coefficient (Wildman–Crippen LogP) is 2.77. The molecule has 1 amide bonds. The van der Waals surface area contributed by atoms with Crippen molar-refractivity contribution in [2.75, 3.05) is 6.61 Å². The number of hydrogen-bond donors (Lipinski definition) is 3. The Kier molecular flexibility index (Phi) is 11.9. The number of hydrogen-bond acceptors (Lipinski definition) is 7. The van der Waals surface area contributed by atoms with Gasteiger partial charge in [-0.3, -0.25) is 9.59 Å². The molecular formula is C24H26ClN3O6. The summed E-state index contributed by atoms with van der Waals surface area (Å²) in [6, 6.07) is 15.2. The Hall–Kier alpha value is -3.87. The third-order valence-electron chi connectivity index (χ3n) is 4.40. The Balaban J connectivity index is 0.00000578. The minimum absolute atomic E-state index is 0. The SMILES string of the molecule is CC(=O)NC(=Cc1ccc(C#N)cc1OC[C@H](N)CCC(=O)OCc1ccccc1)C(=O)O.Cl. The van der Waals surface area contributed by atoms with Crippen molar-refractivity contribution in [3.05, 3.63) is 70.9 Å². The molecule has 10 heteroatoms. The van der Waals surface area contributed by atoms with Gasteiger partial charge in [0.05, 0.1) is 11.6 Å². The molecule has 0 saturated heterocycles. The van der Waals surface area contributed by atoms with Crippen LogP contribution in [0.15, 0.2) is 54.2 Å². The second-order valence-corrected chi connectivity index (χ2v) is 7.16. The molecular weight excluding hydrogens is 462 g/mol. The van der Waals surface area contributed by atoms with Crippen molar-refractivity contribution in [3.63, 3.8) is 0 Å². The lowest BCUT2D eigenvalue weighted by molar-refractivity contribution is -0.145. The van der Waals surface area contributed by atoms with Crippen molar-refractivity contribution in [1.82, 2.24) is 5.32 Å². The molecule has 0 aromatic heterocycles. The Morgan fingerprint density at radius 1 is 1.21 bits per heavy atom. The standard InChI is InChI=1S/C24H25N3O6.ClH/c1-16(28)27-21(24(30)31)12-19-8-7-18(13-25)11-22(19)32-15-20(26)9-10-23(29)33-14-17-5-3-2-4-6-17;/h2-8,11-12,20H,9-10,14-15,26H2,1H3,(H,27,28)(H,30,31);1H/t20-;/m1./s1. The molecule has 0 aliphatic heterocycles.